The van der Waals surface area contributed by atoms with E-state index in [1.807, 2.05) is 72.3 Å². The highest BCUT2D eigenvalue weighted by atomic mass is 16.5. The van der Waals surface area contributed by atoms with E-state index in [0.29, 0.717) is 0 Å². The third kappa shape index (κ3) is 3.01. The average molecular weight is 306 g/mol. The van der Waals surface area contributed by atoms with Gasteiger partial charge in [-0.15, -0.1) is 0 Å². The molecule has 0 unspecified atom stereocenters. The largest absolute Gasteiger partial charge is 0.469 e. The van der Waals surface area contributed by atoms with E-state index in [1.54, 1.807) is 0 Å². The van der Waals surface area contributed by atoms with Crippen molar-refractivity contribution >= 4 is 5.97 Å². The molecule has 3 aromatic rings. The lowest BCUT2D eigenvalue weighted by Crippen LogP contribution is -2.06. The maximum atomic E-state index is 11.8. The zero-order chi connectivity index (χ0) is 16.2. The molecule has 0 atom stereocenters. The number of hydrogen-bond acceptors (Lipinski definition) is 3. The van der Waals surface area contributed by atoms with Crippen molar-refractivity contribution in [3.8, 4) is 16.9 Å². The first-order valence-corrected chi connectivity index (χ1v) is 7.47. The molecule has 0 spiro atoms. The Kier molecular flexibility index (Phi) is 4.24. The zero-order valence-electron chi connectivity index (χ0n) is 13.2. The Morgan fingerprint density at radius 1 is 1.04 bits per heavy atom. The Hall–Kier alpha value is -2.88. The summed E-state index contributed by atoms with van der Waals surface area (Å²) in [5, 5.41) is 4.65. The highest BCUT2D eigenvalue weighted by molar-refractivity contribution is 5.78. The van der Waals surface area contributed by atoms with Gasteiger partial charge in [0, 0.05) is 11.1 Å². The van der Waals surface area contributed by atoms with Crippen molar-refractivity contribution in [2.45, 2.75) is 13.3 Å². The van der Waals surface area contributed by atoms with Gasteiger partial charge < -0.3 is 4.74 Å². The maximum absolute atomic E-state index is 11.8. The minimum Gasteiger partial charge on any atom is -0.469 e. The Morgan fingerprint density at radius 2 is 1.65 bits per heavy atom. The van der Waals surface area contributed by atoms with E-state index in [4.69, 9.17) is 4.74 Å². The van der Waals surface area contributed by atoms with Crippen LogP contribution in [0.15, 0.2) is 60.7 Å². The molecule has 4 heteroatoms. The van der Waals surface area contributed by atoms with Crippen LogP contribution in [0.25, 0.3) is 16.9 Å². The maximum Gasteiger partial charge on any atom is 0.310 e. The topological polar surface area (TPSA) is 44.1 Å². The highest BCUT2D eigenvalue weighted by Gasteiger charge is 2.20. The molecule has 116 valence electrons. The molecule has 0 bridgehead atoms. The van der Waals surface area contributed by atoms with Gasteiger partial charge >= 0.3 is 5.97 Å². The van der Waals surface area contributed by atoms with Crippen LogP contribution in [-0.2, 0) is 16.0 Å². The van der Waals surface area contributed by atoms with Crippen LogP contribution in [0.1, 0.15) is 11.3 Å². The van der Waals surface area contributed by atoms with Crippen molar-refractivity contribution in [1.29, 1.82) is 0 Å². The van der Waals surface area contributed by atoms with E-state index in [0.717, 1.165) is 28.2 Å². The standard InChI is InChI=1S/C19H18N2O2/c1-14-17(13-18(22)23-2)19(15-9-5-3-6-10-15)21(20-14)16-11-7-4-8-12-16/h3-12H,13H2,1-2H3. The summed E-state index contributed by atoms with van der Waals surface area (Å²) in [5.74, 6) is -0.266. The fourth-order valence-electron chi connectivity index (χ4n) is 2.64. The summed E-state index contributed by atoms with van der Waals surface area (Å²) in [7, 11) is 1.40. The van der Waals surface area contributed by atoms with Gasteiger partial charge in [-0.25, -0.2) is 4.68 Å². The number of carbonyl (C=O) groups excluding carboxylic acids is 1. The van der Waals surface area contributed by atoms with Crippen molar-refractivity contribution in [2.24, 2.45) is 0 Å². The Bertz CT molecular complexity index is 808. The van der Waals surface area contributed by atoms with Gasteiger partial charge in [0.05, 0.1) is 30.6 Å². The number of esters is 1. The monoisotopic (exact) mass is 306 g/mol. The quantitative estimate of drug-likeness (QED) is 0.692. The van der Waals surface area contributed by atoms with Gasteiger partial charge in [-0.3, -0.25) is 4.79 Å². The molecule has 1 aromatic heterocycles. The number of nitrogens with zero attached hydrogens (tertiary/aromatic N) is 2. The molecule has 0 aliphatic heterocycles. The minimum atomic E-state index is -0.266. The Labute approximate surface area is 135 Å². The van der Waals surface area contributed by atoms with Gasteiger partial charge in [-0.2, -0.15) is 5.10 Å². The number of hydrogen-bond donors (Lipinski definition) is 0. The fourth-order valence-corrected chi connectivity index (χ4v) is 2.64. The third-order valence-electron chi connectivity index (χ3n) is 3.78. The number of carbonyl (C=O) groups is 1. The van der Waals surface area contributed by atoms with Crippen LogP contribution >= 0.6 is 0 Å². The van der Waals surface area contributed by atoms with Crippen molar-refractivity contribution in [3.63, 3.8) is 0 Å². The van der Waals surface area contributed by atoms with Crippen LogP contribution < -0.4 is 0 Å². The second kappa shape index (κ2) is 6.48. The van der Waals surface area contributed by atoms with E-state index >= 15 is 0 Å². The minimum absolute atomic E-state index is 0.208. The van der Waals surface area contributed by atoms with Crippen LogP contribution in [0.5, 0.6) is 0 Å². The molecule has 23 heavy (non-hydrogen) atoms. The smallest absolute Gasteiger partial charge is 0.310 e. The van der Waals surface area contributed by atoms with E-state index < -0.39 is 0 Å². The van der Waals surface area contributed by atoms with Crippen LogP contribution in [0, 0.1) is 6.92 Å². The average Bonchev–Trinajstić information content (AvgIpc) is 2.93. The van der Waals surface area contributed by atoms with Gasteiger partial charge in [-0.05, 0) is 19.1 Å². The first-order chi connectivity index (χ1) is 11.2. The van der Waals surface area contributed by atoms with Crippen LogP contribution in [-0.4, -0.2) is 22.9 Å². The molecule has 0 saturated carbocycles. The van der Waals surface area contributed by atoms with Gasteiger partial charge in [0.1, 0.15) is 0 Å². The Morgan fingerprint density at radius 3 is 2.26 bits per heavy atom. The third-order valence-corrected chi connectivity index (χ3v) is 3.78. The first kappa shape index (κ1) is 15.0. The SMILES string of the molecule is COC(=O)Cc1c(C)nn(-c2ccccc2)c1-c1ccccc1. The van der Waals surface area contributed by atoms with Gasteiger partial charge in [0.15, 0.2) is 0 Å². The number of ether oxygens (including phenoxy) is 1. The van der Waals surface area contributed by atoms with E-state index in [1.165, 1.54) is 7.11 Å². The fraction of sp³-hybridized carbons (Fsp3) is 0.158. The van der Waals surface area contributed by atoms with E-state index in [2.05, 4.69) is 5.10 Å². The lowest BCUT2D eigenvalue weighted by molar-refractivity contribution is -0.139. The number of para-hydroxylation sites is 1. The van der Waals surface area contributed by atoms with Gasteiger partial charge in [0.2, 0.25) is 0 Å². The first-order valence-electron chi connectivity index (χ1n) is 7.47. The number of aromatic nitrogens is 2. The summed E-state index contributed by atoms with van der Waals surface area (Å²) in [6, 6.07) is 19.9. The molecule has 0 radical (unpaired) electrons. The molecule has 0 aliphatic carbocycles. The molecule has 0 aliphatic rings. The van der Waals surface area contributed by atoms with Crippen LogP contribution in [0.3, 0.4) is 0 Å². The molecule has 0 amide bonds. The Balaban J connectivity index is 2.21. The highest BCUT2D eigenvalue weighted by Crippen LogP contribution is 2.29. The second-order valence-electron chi connectivity index (χ2n) is 5.28. The van der Waals surface area contributed by atoms with Crippen LogP contribution in [0.4, 0.5) is 0 Å². The van der Waals surface area contributed by atoms with Crippen molar-refractivity contribution in [2.75, 3.05) is 7.11 Å². The van der Waals surface area contributed by atoms with Crippen molar-refractivity contribution in [1.82, 2.24) is 9.78 Å². The lowest BCUT2D eigenvalue weighted by atomic mass is 10.0. The zero-order valence-corrected chi connectivity index (χ0v) is 13.2. The molecule has 2 aromatic carbocycles. The molecule has 0 saturated heterocycles. The lowest BCUT2D eigenvalue weighted by Gasteiger charge is -2.10. The van der Waals surface area contributed by atoms with Gasteiger partial charge in [-0.1, -0.05) is 48.5 Å². The van der Waals surface area contributed by atoms with Crippen molar-refractivity contribution in [3.05, 3.63) is 71.9 Å². The second-order valence-corrected chi connectivity index (χ2v) is 5.28. The summed E-state index contributed by atoms with van der Waals surface area (Å²) in [5.41, 5.74) is 4.64. The van der Waals surface area contributed by atoms with Gasteiger partial charge in [0.25, 0.3) is 0 Å². The summed E-state index contributed by atoms with van der Waals surface area (Å²) in [6.45, 7) is 1.92. The molecule has 4 nitrogen and oxygen atoms in total. The predicted molar refractivity (Wildman–Crippen MR) is 89.5 cm³/mol. The molecule has 0 fully saturated rings. The van der Waals surface area contributed by atoms with Crippen LogP contribution in [0.2, 0.25) is 0 Å². The van der Waals surface area contributed by atoms with Crippen molar-refractivity contribution < 1.29 is 9.53 Å². The molecule has 3 rings (SSSR count). The molecule has 1 heterocycles. The number of rotatable bonds is 4. The number of methoxy groups -OCH3 is 1. The number of aryl methyl sites for hydroxylation is 1. The summed E-state index contributed by atoms with van der Waals surface area (Å²) in [6.07, 6.45) is 0.208. The normalized spacial score (nSPS) is 10.5. The number of benzene rings is 2. The molecule has 0 N–H and O–H groups in total. The summed E-state index contributed by atoms with van der Waals surface area (Å²) < 4.78 is 6.73. The summed E-state index contributed by atoms with van der Waals surface area (Å²) >= 11 is 0. The van der Waals surface area contributed by atoms with E-state index in [9.17, 15) is 4.79 Å². The molecular formula is C19H18N2O2. The summed E-state index contributed by atoms with van der Waals surface area (Å²) in [4.78, 5) is 11.8. The van der Waals surface area contributed by atoms with E-state index in [-0.39, 0.29) is 12.4 Å². The predicted octanol–water partition coefficient (Wildman–Crippen LogP) is 3.56. The molecular weight excluding hydrogens is 288 g/mol.